The van der Waals surface area contributed by atoms with Crippen LogP contribution in [-0.4, -0.2) is 66.9 Å². The molecule has 0 bridgehead atoms. The molecule has 1 N–H and O–H groups in total. The van der Waals surface area contributed by atoms with E-state index in [0.29, 0.717) is 32.1 Å². The van der Waals surface area contributed by atoms with E-state index in [1.807, 2.05) is 66.7 Å². The van der Waals surface area contributed by atoms with Gasteiger partial charge in [-0.1, -0.05) is 36.4 Å². The molecule has 0 radical (unpaired) electrons. The lowest BCUT2D eigenvalue weighted by atomic mass is 10.1. The van der Waals surface area contributed by atoms with Crippen molar-refractivity contribution in [3.63, 3.8) is 0 Å². The number of aromatic nitrogens is 1. The first-order chi connectivity index (χ1) is 20.7. The molecule has 0 spiro atoms. The highest BCUT2D eigenvalue weighted by Crippen LogP contribution is 2.33. The number of carbonyl (C=O) groups excluding carboxylic acids is 1. The molecule has 2 aliphatic rings. The van der Waals surface area contributed by atoms with Crippen LogP contribution in [0.3, 0.4) is 0 Å². The average Bonchev–Trinajstić information content (AvgIpc) is 3.68. The van der Waals surface area contributed by atoms with Crippen molar-refractivity contribution in [1.29, 1.82) is 0 Å². The number of fused-ring (bicyclic) bond motifs is 1. The third kappa shape index (κ3) is 7.47. The van der Waals surface area contributed by atoms with E-state index in [1.54, 1.807) is 0 Å². The zero-order chi connectivity index (χ0) is 28.6. The smallest absolute Gasteiger partial charge is 0.273 e. The number of oxazole rings is 1. The molecular formula is C32H34N4O6. The molecule has 218 valence electrons. The van der Waals surface area contributed by atoms with Gasteiger partial charge in [-0.2, -0.15) is 0 Å². The monoisotopic (exact) mass is 570 g/mol. The maximum Gasteiger partial charge on any atom is 0.273 e. The SMILES string of the molecule is O=C(NCCN1CCOCC1)c1coc(CN(Cc2cccc(Oc3ccccc3)c2)Cc2ccc3c(c2)OCO3)n1. The zero-order valence-electron chi connectivity index (χ0n) is 23.4. The number of benzene rings is 3. The number of para-hydroxylation sites is 1. The highest BCUT2D eigenvalue weighted by Gasteiger charge is 2.19. The standard InChI is InChI=1S/C32H34N4O6/c37-32(33-11-12-35-13-15-38-16-14-35)28-22-39-31(34-28)21-36(20-25-9-10-29-30(18-25)41-23-40-29)19-24-5-4-8-27(17-24)42-26-6-2-1-3-7-26/h1-10,17-18,22H,11-16,19-21,23H2,(H,33,37). The van der Waals surface area contributed by atoms with Crippen LogP contribution in [-0.2, 0) is 24.4 Å². The number of rotatable bonds is 12. The van der Waals surface area contributed by atoms with Crippen molar-refractivity contribution in [3.05, 3.63) is 102 Å². The van der Waals surface area contributed by atoms with Crippen molar-refractivity contribution in [3.8, 4) is 23.0 Å². The number of nitrogens with zero attached hydrogens (tertiary/aromatic N) is 3. The summed E-state index contributed by atoms with van der Waals surface area (Å²) in [5.41, 5.74) is 2.40. The van der Waals surface area contributed by atoms with Gasteiger partial charge in [-0.25, -0.2) is 4.98 Å². The van der Waals surface area contributed by atoms with Crippen LogP contribution in [0.15, 0.2) is 83.5 Å². The first kappa shape index (κ1) is 27.8. The summed E-state index contributed by atoms with van der Waals surface area (Å²) >= 11 is 0. The van der Waals surface area contributed by atoms with Gasteiger partial charge in [0.2, 0.25) is 12.7 Å². The molecule has 10 nitrogen and oxygen atoms in total. The Labute approximate surface area is 244 Å². The maximum atomic E-state index is 12.7. The Morgan fingerprint density at radius 3 is 2.52 bits per heavy atom. The topological polar surface area (TPSA) is 98.5 Å². The maximum absolute atomic E-state index is 12.7. The van der Waals surface area contributed by atoms with Gasteiger partial charge in [0.15, 0.2) is 17.2 Å². The number of amides is 1. The first-order valence-electron chi connectivity index (χ1n) is 14.1. The van der Waals surface area contributed by atoms with Crippen molar-refractivity contribution in [2.24, 2.45) is 0 Å². The van der Waals surface area contributed by atoms with E-state index in [4.69, 9.17) is 23.4 Å². The Morgan fingerprint density at radius 1 is 0.881 bits per heavy atom. The molecule has 3 aromatic carbocycles. The molecule has 0 aliphatic carbocycles. The Kier molecular flexibility index (Phi) is 8.94. The van der Waals surface area contributed by atoms with Crippen molar-refractivity contribution in [1.82, 2.24) is 20.1 Å². The number of hydrogen-bond donors (Lipinski definition) is 1. The van der Waals surface area contributed by atoms with E-state index < -0.39 is 0 Å². The minimum atomic E-state index is -0.244. The van der Waals surface area contributed by atoms with Gasteiger partial charge >= 0.3 is 0 Å². The van der Waals surface area contributed by atoms with Gasteiger partial charge in [-0.15, -0.1) is 0 Å². The molecule has 4 aromatic rings. The van der Waals surface area contributed by atoms with Crippen LogP contribution in [0.5, 0.6) is 23.0 Å². The summed E-state index contributed by atoms with van der Waals surface area (Å²) in [5, 5.41) is 2.95. The Bertz CT molecular complexity index is 1470. The second kappa shape index (κ2) is 13.5. The fraction of sp³-hybridized carbons (Fsp3) is 0.312. The van der Waals surface area contributed by atoms with E-state index in [-0.39, 0.29) is 18.4 Å². The highest BCUT2D eigenvalue weighted by atomic mass is 16.7. The van der Waals surface area contributed by atoms with Crippen LogP contribution in [0.25, 0.3) is 0 Å². The molecule has 0 saturated carbocycles. The largest absolute Gasteiger partial charge is 0.457 e. The van der Waals surface area contributed by atoms with Crippen molar-refractivity contribution in [2.75, 3.05) is 46.2 Å². The molecule has 3 heterocycles. The predicted octanol–water partition coefficient (Wildman–Crippen LogP) is 4.46. The zero-order valence-corrected chi connectivity index (χ0v) is 23.4. The molecule has 0 atom stereocenters. The van der Waals surface area contributed by atoms with Gasteiger partial charge < -0.3 is 28.7 Å². The van der Waals surface area contributed by atoms with E-state index in [9.17, 15) is 4.79 Å². The first-order valence-corrected chi connectivity index (χ1v) is 14.1. The lowest BCUT2D eigenvalue weighted by Gasteiger charge is -2.26. The third-order valence-electron chi connectivity index (χ3n) is 7.09. The lowest BCUT2D eigenvalue weighted by molar-refractivity contribution is 0.0383. The number of ether oxygens (including phenoxy) is 4. The number of hydrogen-bond acceptors (Lipinski definition) is 9. The quantitative estimate of drug-likeness (QED) is 0.265. The minimum absolute atomic E-state index is 0.226. The van der Waals surface area contributed by atoms with Gasteiger partial charge in [0, 0.05) is 39.3 Å². The van der Waals surface area contributed by atoms with Crippen LogP contribution in [0.1, 0.15) is 27.5 Å². The summed E-state index contributed by atoms with van der Waals surface area (Å²) in [6.07, 6.45) is 1.42. The van der Waals surface area contributed by atoms with Crippen molar-refractivity contribution < 1.29 is 28.2 Å². The molecule has 2 aliphatic heterocycles. The van der Waals surface area contributed by atoms with Crippen molar-refractivity contribution in [2.45, 2.75) is 19.6 Å². The van der Waals surface area contributed by atoms with Gasteiger partial charge in [0.05, 0.1) is 19.8 Å². The Hall–Kier alpha value is -4.38. The molecule has 1 amide bonds. The van der Waals surface area contributed by atoms with Gasteiger partial charge in [-0.3, -0.25) is 14.6 Å². The second-order valence-corrected chi connectivity index (χ2v) is 10.2. The van der Waals surface area contributed by atoms with Crippen LogP contribution in [0, 0.1) is 0 Å². The average molecular weight is 571 g/mol. The summed E-state index contributed by atoms with van der Waals surface area (Å²) in [7, 11) is 0. The fourth-order valence-electron chi connectivity index (χ4n) is 4.98. The number of nitrogens with one attached hydrogen (secondary N) is 1. The molecule has 1 saturated heterocycles. The van der Waals surface area contributed by atoms with Crippen LogP contribution < -0.4 is 19.5 Å². The van der Waals surface area contributed by atoms with E-state index in [0.717, 1.165) is 67.0 Å². The third-order valence-corrected chi connectivity index (χ3v) is 7.09. The Balaban J connectivity index is 1.13. The predicted molar refractivity (Wildman–Crippen MR) is 155 cm³/mol. The van der Waals surface area contributed by atoms with Crippen LogP contribution in [0.2, 0.25) is 0 Å². The van der Waals surface area contributed by atoms with E-state index >= 15 is 0 Å². The molecule has 42 heavy (non-hydrogen) atoms. The fourth-order valence-corrected chi connectivity index (χ4v) is 4.98. The summed E-state index contributed by atoms with van der Waals surface area (Å²) in [6.45, 7) is 6.36. The second-order valence-electron chi connectivity index (χ2n) is 10.2. The van der Waals surface area contributed by atoms with Crippen molar-refractivity contribution >= 4 is 5.91 Å². The summed E-state index contributed by atoms with van der Waals surface area (Å²) < 4.78 is 28.3. The molecule has 1 fully saturated rings. The van der Waals surface area contributed by atoms with Gasteiger partial charge in [-0.05, 0) is 47.5 Å². The summed E-state index contributed by atoms with van der Waals surface area (Å²) in [5.74, 6) is 3.24. The number of carbonyl (C=O) groups is 1. The van der Waals surface area contributed by atoms with E-state index in [2.05, 4.69) is 26.2 Å². The summed E-state index contributed by atoms with van der Waals surface area (Å²) in [4.78, 5) is 21.7. The van der Waals surface area contributed by atoms with Gasteiger partial charge in [0.25, 0.3) is 5.91 Å². The molecule has 1 aromatic heterocycles. The van der Waals surface area contributed by atoms with Crippen LogP contribution >= 0.6 is 0 Å². The van der Waals surface area contributed by atoms with Crippen LogP contribution in [0.4, 0.5) is 0 Å². The normalized spacial score (nSPS) is 14.7. The molecular weight excluding hydrogens is 536 g/mol. The Morgan fingerprint density at radius 2 is 1.67 bits per heavy atom. The van der Waals surface area contributed by atoms with E-state index in [1.165, 1.54) is 6.26 Å². The van der Waals surface area contributed by atoms with Gasteiger partial charge in [0.1, 0.15) is 17.8 Å². The molecule has 6 rings (SSSR count). The summed E-state index contributed by atoms with van der Waals surface area (Å²) in [6, 6.07) is 23.7. The number of morpholine rings is 1. The molecule has 0 unspecified atom stereocenters. The highest BCUT2D eigenvalue weighted by molar-refractivity contribution is 5.91. The minimum Gasteiger partial charge on any atom is -0.457 e. The molecule has 10 heteroatoms. The lowest BCUT2D eigenvalue weighted by Crippen LogP contribution is -2.41.